The molecule has 9 heteroatoms. The lowest BCUT2D eigenvalue weighted by Gasteiger charge is -2.11. The Morgan fingerprint density at radius 3 is 2.93 bits per heavy atom. The van der Waals surface area contributed by atoms with Crippen LogP contribution in [0.1, 0.15) is 37.0 Å². The van der Waals surface area contributed by atoms with Gasteiger partial charge in [0, 0.05) is 31.3 Å². The SMILES string of the molecule is CC(C)NC(=O)c1ccc2c(c1)nnn2CCNC(=O)NCC1CCCO1. The zero-order chi connectivity index (χ0) is 19.2. The normalized spacial score (nSPS) is 16.6. The van der Waals surface area contributed by atoms with Gasteiger partial charge in [0.1, 0.15) is 5.52 Å². The van der Waals surface area contributed by atoms with Crippen molar-refractivity contribution in [3.8, 4) is 0 Å². The Kier molecular flexibility index (Phi) is 6.23. The summed E-state index contributed by atoms with van der Waals surface area (Å²) in [5.41, 5.74) is 2.02. The lowest BCUT2D eigenvalue weighted by molar-refractivity contribution is 0.0943. The maximum Gasteiger partial charge on any atom is 0.314 e. The lowest BCUT2D eigenvalue weighted by Crippen LogP contribution is -2.40. The average Bonchev–Trinajstić information content (AvgIpc) is 3.29. The molecule has 0 spiro atoms. The van der Waals surface area contributed by atoms with Gasteiger partial charge in [-0.15, -0.1) is 5.10 Å². The second kappa shape index (κ2) is 8.81. The predicted octanol–water partition coefficient (Wildman–Crippen LogP) is 1.05. The molecule has 1 unspecified atom stereocenters. The van der Waals surface area contributed by atoms with Gasteiger partial charge < -0.3 is 20.7 Å². The summed E-state index contributed by atoms with van der Waals surface area (Å²) >= 11 is 0. The minimum absolute atomic E-state index is 0.0707. The summed E-state index contributed by atoms with van der Waals surface area (Å²) in [6, 6.07) is 5.14. The highest BCUT2D eigenvalue weighted by atomic mass is 16.5. The van der Waals surface area contributed by atoms with Gasteiger partial charge in [0.05, 0.1) is 18.2 Å². The Balaban J connectivity index is 1.50. The number of carbonyl (C=O) groups excluding carboxylic acids is 2. The first-order valence-corrected chi connectivity index (χ1v) is 9.30. The Morgan fingerprint density at radius 2 is 2.19 bits per heavy atom. The number of fused-ring (bicyclic) bond motifs is 1. The maximum absolute atomic E-state index is 12.1. The van der Waals surface area contributed by atoms with Crippen LogP contribution in [0.3, 0.4) is 0 Å². The Morgan fingerprint density at radius 1 is 1.33 bits per heavy atom. The van der Waals surface area contributed by atoms with E-state index in [1.165, 1.54) is 0 Å². The minimum atomic E-state index is -0.220. The highest BCUT2D eigenvalue weighted by molar-refractivity contribution is 5.97. The highest BCUT2D eigenvalue weighted by Crippen LogP contribution is 2.13. The van der Waals surface area contributed by atoms with Crippen molar-refractivity contribution in [2.24, 2.45) is 0 Å². The largest absolute Gasteiger partial charge is 0.376 e. The molecule has 1 aliphatic rings. The topological polar surface area (TPSA) is 110 Å². The van der Waals surface area contributed by atoms with E-state index >= 15 is 0 Å². The van der Waals surface area contributed by atoms with Gasteiger partial charge in [-0.2, -0.15) is 0 Å². The first kappa shape index (κ1) is 19.1. The quantitative estimate of drug-likeness (QED) is 0.671. The van der Waals surface area contributed by atoms with Crippen LogP contribution < -0.4 is 16.0 Å². The molecule has 0 aliphatic carbocycles. The molecule has 0 bridgehead atoms. The van der Waals surface area contributed by atoms with E-state index in [1.54, 1.807) is 16.8 Å². The van der Waals surface area contributed by atoms with Crippen molar-refractivity contribution in [2.75, 3.05) is 19.7 Å². The van der Waals surface area contributed by atoms with Gasteiger partial charge in [-0.25, -0.2) is 9.48 Å². The number of nitrogens with one attached hydrogen (secondary N) is 3. The van der Waals surface area contributed by atoms with Crippen LogP contribution in [0.25, 0.3) is 11.0 Å². The van der Waals surface area contributed by atoms with Crippen molar-refractivity contribution in [1.29, 1.82) is 0 Å². The Hall–Kier alpha value is -2.68. The van der Waals surface area contributed by atoms with Crippen LogP contribution >= 0.6 is 0 Å². The van der Waals surface area contributed by atoms with Crippen LogP contribution in [0.4, 0.5) is 4.79 Å². The summed E-state index contributed by atoms with van der Waals surface area (Å²) < 4.78 is 7.18. The average molecular weight is 374 g/mol. The first-order valence-electron chi connectivity index (χ1n) is 9.30. The second-order valence-electron chi connectivity index (χ2n) is 6.92. The molecule has 0 saturated carbocycles. The molecule has 2 heterocycles. The first-order chi connectivity index (χ1) is 13.0. The molecule has 1 aromatic heterocycles. The fourth-order valence-corrected chi connectivity index (χ4v) is 2.97. The van der Waals surface area contributed by atoms with E-state index in [4.69, 9.17) is 4.74 Å². The third-order valence-corrected chi connectivity index (χ3v) is 4.32. The van der Waals surface area contributed by atoms with Crippen molar-refractivity contribution in [1.82, 2.24) is 30.9 Å². The predicted molar refractivity (Wildman–Crippen MR) is 101 cm³/mol. The van der Waals surface area contributed by atoms with E-state index in [-0.39, 0.29) is 24.1 Å². The van der Waals surface area contributed by atoms with E-state index in [9.17, 15) is 9.59 Å². The van der Waals surface area contributed by atoms with Gasteiger partial charge in [-0.3, -0.25) is 4.79 Å². The molecule has 1 aromatic carbocycles. The van der Waals surface area contributed by atoms with E-state index in [2.05, 4.69) is 26.3 Å². The monoisotopic (exact) mass is 374 g/mol. The fraction of sp³-hybridized carbons (Fsp3) is 0.556. The molecule has 146 valence electrons. The van der Waals surface area contributed by atoms with E-state index in [0.29, 0.717) is 30.7 Å². The number of aromatic nitrogens is 3. The number of carbonyl (C=O) groups is 2. The molecule has 1 aliphatic heterocycles. The second-order valence-corrected chi connectivity index (χ2v) is 6.92. The maximum atomic E-state index is 12.1. The molecule has 1 saturated heterocycles. The smallest absolute Gasteiger partial charge is 0.314 e. The van der Waals surface area contributed by atoms with Crippen LogP contribution in [-0.4, -0.2) is 58.8 Å². The number of urea groups is 1. The van der Waals surface area contributed by atoms with E-state index < -0.39 is 0 Å². The van der Waals surface area contributed by atoms with Crippen molar-refractivity contribution in [3.63, 3.8) is 0 Å². The molecule has 1 fully saturated rings. The molecular weight excluding hydrogens is 348 g/mol. The van der Waals surface area contributed by atoms with Crippen LogP contribution in [0.15, 0.2) is 18.2 Å². The number of benzene rings is 1. The standard InChI is InChI=1S/C18H26N6O3/c1-12(2)21-17(25)13-5-6-16-15(10-13)22-23-24(16)8-7-19-18(26)20-11-14-4-3-9-27-14/h5-6,10,12,14H,3-4,7-9,11H2,1-2H3,(H,21,25)(H2,19,20,26). The third kappa shape index (κ3) is 5.16. The molecule has 27 heavy (non-hydrogen) atoms. The summed E-state index contributed by atoms with van der Waals surface area (Å²) in [4.78, 5) is 23.9. The minimum Gasteiger partial charge on any atom is -0.376 e. The van der Waals surface area contributed by atoms with E-state index in [1.807, 2.05) is 19.9 Å². The van der Waals surface area contributed by atoms with Gasteiger partial charge in [-0.05, 0) is 44.9 Å². The van der Waals surface area contributed by atoms with Crippen molar-refractivity contribution >= 4 is 23.0 Å². The van der Waals surface area contributed by atoms with Crippen molar-refractivity contribution in [3.05, 3.63) is 23.8 Å². The molecular formula is C18H26N6O3. The molecule has 1 atom stereocenters. The van der Waals surface area contributed by atoms with Crippen LogP contribution in [0.5, 0.6) is 0 Å². The molecule has 3 amide bonds. The van der Waals surface area contributed by atoms with Gasteiger partial charge >= 0.3 is 6.03 Å². The lowest BCUT2D eigenvalue weighted by atomic mass is 10.2. The number of hydrogen-bond acceptors (Lipinski definition) is 5. The highest BCUT2D eigenvalue weighted by Gasteiger charge is 2.16. The van der Waals surface area contributed by atoms with Crippen LogP contribution in [0, 0.1) is 0 Å². The third-order valence-electron chi connectivity index (χ3n) is 4.32. The van der Waals surface area contributed by atoms with Gasteiger partial charge in [0.25, 0.3) is 5.91 Å². The Bertz CT molecular complexity index is 797. The number of hydrogen-bond donors (Lipinski definition) is 3. The summed E-state index contributed by atoms with van der Waals surface area (Å²) in [5, 5.41) is 16.7. The number of rotatable bonds is 7. The van der Waals surface area contributed by atoms with Gasteiger partial charge in [-0.1, -0.05) is 5.21 Å². The summed E-state index contributed by atoms with van der Waals surface area (Å²) in [5.74, 6) is -0.133. The zero-order valence-electron chi connectivity index (χ0n) is 15.7. The van der Waals surface area contributed by atoms with E-state index in [0.717, 1.165) is 25.0 Å². The van der Waals surface area contributed by atoms with Gasteiger partial charge in [0.15, 0.2) is 0 Å². The molecule has 3 N–H and O–H groups in total. The van der Waals surface area contributed by atoms with Crippen molar-refractivity contribution in [2.45, 2.75) is 45.4 Å². The molecule has 0 radical (unpaired) electrons. The summed E-state index contributed by atoms with van der Waals surface area (Å²) in [7, 11) is 0. The Labute approximate surface area is 157 Å². The molecule has 9 nitrogen and oxygen atoms in total. The molecule has 3 rings (SSSR count). The van der Waals surface area contributed by atoms with Crippen molar-refractivity contribution < 1.29 is 14.3 Å². The number of ether oxygens (including phenoxy) is 1. The van der Waals surface area contributed by atoms with Crippen LogP contribution in [0.2, 0.25) is 0 Å². The zero-order valence-corrected chi connectivity index (χ0v) is 15.7. The molecule has 2 aromatic rings. The summed E-state index contributed by atoms with van der Waals surface area (Å²) in [6.07, 6.45) is 2.16. The number of nitrogens with zero attached hydrogens (tertiary/aromatic N) is 3. The fourth-order valence-electron chi connectivity index (χ4n) is 2.97. The number of amides is 3. The van der Waals surface area contributed by atoms with Crippen LogP contribution in [-0.2, 0) is 11.3 Å². The summed E-state index contributed by atoms with van der Waals surface area (Å²) in [6.45, 7) is 6.04. The van der Waals surface area contributed by atoms with Gasteiger partial charge in [0.2, 0.25) is 0 Å².